The van der Waals surface area contributed by atoms with E-state index in [9.17, 15) is 0 Å². The molecule has 15 heavy (non-hydrogen) atoms. The molecular formula is C14H18O. The van der Waals surface area contributed by atoms with Crippen LogP contribution in [0.1, 0.15) is 25.8 Å². The van der Waals surface area contributed by atoms with Crippen LogP contribution in [0.25, 0.3) is 5.57 Å². The monoisotopic (exact) mass is 202 g/mol. The van der Waals surface area contributed by atoms with Crippen molar-refractivity contribution >= 4 is 5.57 Å². The van der Waals surface area contributed by atoms with Crippen molar-refractivity contribution in [2.45, 2.75) is 26.4 Å². The molecular weight excluding hydrogens is 184 g/mol. The second-order valence-electron chi connectivity index (χ2n) is 4.42. The van der Waals surface area contributed by atoms with Crippen LogP contribution in [0, 0.1) is 5.92 Å². The molecule has 0 aliphatic carbocycles. The first kappa shape index (κ1) is 10.4. The maximum absolute atomic E-state index is 5.71. The number of rotatable bonds is 2. The molecule has 80 valence electrons. The molecule has 0 bridgehead atoms. The van der Waals surface area contributed by atoms with E-state index in [2.05, 4.69) is 50.3 Å². The maximum Gasteiger partial charge on any atom is 0.0657 e. The van der Waals surface area contributed by atoms with Crippen LogP contribution in [0.3, 0.4) is 0 Å². The molecule has 0 aromatic heterocycles. The average molecular weight is 202 g/mol. The van der Waals surface area contributed by atoms with Gasteiger partial charge in [-0.05, 0) is 23.5 Å². The van der Waals surface area contributed by atoms with E-state index in [-0.39, 0.29) is 0 Å². The van der Waals surface area contributed by atoms with Gasteiger partial charge in [0.1, 0.15) is 0 Å². The summed E-state index contributed by atoms with van der Waals surface area (Å²) in [7, 11) is 0. The Bertz CT molecular complexity index is 338. The molecule has 1 unspecified atom stereocenters. The van der Waals surface area contributed by atoms with Crippen LogP contribution in [0.2, 0.25) is 0 Å². The maximum atomic E-state index is 5.71. The molecule has 0 saturated heterocycles. The number of benzene rings is 1. The van der Waals surface area contributed by atoms with Gasteiger partial charge < -0.3 is 4.74 Å². The predicted octanol–water partition coefficient (Wildman–Crippen LogP) is 3.51. The zero-order chi connectivity index (χ0) is 10.7. The van der Waals surface area contributed by atoms with Gasteiger partial charge in [-0.25, -0.2) is 0 Å². The van der Waals surface area contributed by atoms with Crippen molar-refractivity contribution in [2.24, 2.45) is 5.92 Å². The summed E-state index contributed by atoms with van der Waals surface area (Å²) >= 11 is 0. The van der Waals surface area contributed by atoms with Crippen molar-refractivity contribution in [1.82, 2.24) is 0 Å². The molecule has 1 aliphatic heterocycles. The van der Waals surface area contributed by atoms with Gasteiger partial charge in [-0.1, -0.05) is 50.3 Å². The first-order valence-electron chi connectivity index (χ1n) is 5.63. The highest BCUT2D eigenvalue weighted by Gasteiger charge is 2.19. The van der Waals surface area contributed by atoms with Crippen LogP contribution in [0.5, 0.6) is 0 Å². The van der Waals surface area contributed by atoms with Crippen molar-refractivity contribution in [1.29, 1.82) is 0 Å². The Morgan fingerprint density at radius 3 is 2.60 bits per heavy atom. The lowest BCUT2D eigenvalue weighted by Crippen LogP contribution is -2.23. The van der Waals surface area contributed by atoms with E-state index in [1.54, 1.807) is 0 Å². The van der Waals surface area contributed by atoms with Gasteiger partial charge >= 0.3 is 0 Å². The molecule has 1 heteroatoms. The molecule has 0 fully saturated rings. The van der Waals surface area contributed by atoms with E-state index in [1.807, 2.05) is 0 Å². The van der Waals surface area contributed by atoms with Crippen LogP contribution in [0.15, 0.2) is 36.4 Å². The van der Waals surface area contributed by atoms with Crippen molar-refractivity contribution in [3.63, 3.8) is 0 Å². The largest absolute Gasteiger partial charge is 0.374 e. The minimum absolute atomic E-state index is 0.380. The first-order chi connectivity index (χ1) is 7.27. The first-order valence-corrected chi connectivity index (χ1v) is 5.63. The third-order valence-corrected chi connectivity index (χ3v) is 2.95. The average Bonchev–Trinajstić information content (AvgIpc) is 2.30. The summed E-state index contributed by atoms with van der Waals surface area (Å²) in [4.78, 5) is 0. The van der Waals surface area contributed by atoms with Crippen LogP contribution >= 0.6 is 0 Å². The van der Waals surface area contributed by atoms with Crippen LogP contribution in [-0.2, 0) is 4.74 Å². The lowest BCUT2D eigenvalue weighted by molar-refractivity contribution is 0.0379. The number of hydrogen-bond acceptors (Lipinski definition) is 1. The smallest absolute Gasteiger partial charge is 0.0657 e. The van der Waals surface area contributed by atoms with Crippen molar-refractivity contribution in [2.75, 3.05) is 6.61 Å². The van der Waals surface area contributed by atoms with Crippen LogP contribution < -0.4 is 0 Å². The third kappa shape index (κ3) is 2.48. The van der Waals surface area contributed by atoms with Gasteiger partial charge in [0.25, 0.3) is 0 Å². The van der Waals surface area contributed by atoms with Crippen molar-refractivity contribution in [3.8, 4) is 0 Å². The summed E-state index contributed by atoms with van der Waals surface area (Å²) in [6.45, 7) is 5.20. The Morgan fingerprint density at radius 1 is 1.20 bits per heavy atom. The van der Waals surface area contributed by atoms with Crippen molar-refractivity contribution < 1.29 is 4.74 Å². The lowest BCUT2D eigenvalue weighted by atomic mass is 9.93. The Labute approximate surface area is 91.8 Å². The summed E-state index contributed by atoms with van der Waals surface area (Å²) < 4.78 is 5.71. The second kappa shape index (κ2) is 4.63. The normalized spacial score (nSPS) is 21.5. The molecule has 1 aliphatic rings. The molecule has 2 rings (SSSR count). The van der Waals surface area contributed by atoms with Crippen LogP contribution in [0.4, 0.5) is 0 Å². The van der Waals surface area contributed by atoms with E-state index < -0.39 is 0 Å². The summed E-state index contributed by atoms with van der Waals surface area (Å²) in [5.41, 5.74) is 2.77. The molecule has 1 atom stereocenters. The highest BCUT2D eigenvalue weighted by Crippen LogP contribution is 2.27. The topological polar surface area (TPSA) is 9.23 Å². The molecule has 0 N–H and O–H groups in total. The standard InChI is InChI=1S/C14H18O/c1-11(2)14-10-13(8-9-15-14)12-6-4-3-5-7-12/h3-8,11,14H,9-10H2,1-2H3. The van der Waals surface area contributed by atoms with Gasteiger partial charge in [-0.3, -0.25) is 0 Å². The molecule has 0 radical (unpaired) electrons. The quantitative estimate of drug-likeness (QED) is 0.713. The van der Waals surface area contributed by atoms with Gasteiger partial charge in [-0.2, -0.15) is 0 Å². The van der Waals surface area contributed by atoms with Gasteiger partial charge in [0.15, 0.2) is 0 Å². The number of ether oxygens (including phenoxy) is 1. The van der Waals surface area contributed by atoms with Crippen LogP contribution in [-0.4, -0.2) is 12.7 Å². The zero-order valence-electron chi connectivity index (χ0n) is 9.44. The molecule has 1 aromatic rings. The number of hydrogen-bond donors (Lipinski definition) is 0. The highest BCUT2D eigenvalue weighted by molar-refractivity contribution is 5.66. The van der Waals surface area contributed by atoms with E-state index in [0.717, 1.165) is 13.0 Å². The Balaban J connectivity index is 2.14. The fraction of sp³-hybridized carbons (Fsp3) is 0.429. The van der Waals surface area contributed by atoms with E-state index >= 15 is 0 Å². The Morgan fingerprint density at radius 2 is 1.93 bits per heavy atom. The minimum Gasteiger partial charge on any atom is -0.374 e. The molecule has 1 aromatic carbocycles. The van der Waals surface area contributed by atoms with Gasteiger partial charge in [0.2, 0.25) is 0 Å². The fourth-order valence-corrected chi connectivity index (χ4v) is 1.95. The summed E-state index contributed by atoms with van der Waals surface area (Å²) in [6.07, 6.45) is 3.63. The molecule has 0 amide bonds. The van der Waals surface area contributed by atoms with Gasteiger partial charge in [0.05, 0.1) is 12.7 Å². The highest BCUT2D eigenvalue weighted by atomic mass is 16.5. The SMILES string of the molecule is CC(C)C1CC(c2ccccc2)=CCO1. The van der Waals surface area contributed by atoms with Gasteiger partial charge in [-0.15, -0.1) is 0 Å². The zero-order valence-corrected chi connectivity index (χ0v) is 9.44. The second-order valence-corrected chi connectivity index (χ2v) is 4.42. The molecule has 0 saturated carbocycles. The summed E-state index contributed by atoms with van der Waals surface area (Å²) in [6, 6.07) is 10.6. The summed E-state index contributed by atoms with van der Waals surface area (Å²) in [5.74, 6) is 0.595. The molecule has 0 spiro atoms. The lowest BCUT2D eigenvalue weighted by Gasteiger charge is -2.26. The van der Waals surface area contributed by atoms with Crippen molar-refractivity contribution in [3.05, 3.63) is 42.0 Å². The van der Waals surface area contributed by atoms with E-state index in [1.165, 1.54) is 11.1 Å². The third-order valence-electron chi connectivity index (χ3n) is 2.95. The van der Waals surface area contributed by atoms with Gasteiger partial charge in [0, 0.05) is 0 Å². The Hall–Kier alpha value is -1.08. The van der Waals surface area contributed by atoms with E-state index in [0.29, 0.717) is 12.0 Å². The predicted molar refractivity (Wildman–Crippen MR) is 63.6 cm³/mol. The molecule has 1 heterocycles. The fourth-order valence-electron chi connectivity index (χ4n) is 1.95. The Kier molecular flexibility index (Phi) is 3.22. The minimum atomic E-state index is 0.380. The summed E-state index contributed by atoms with van der Waals surface area (Å²) in [5, 5.41) is 0. The molecule has 1 nitrogen and oxygen atoms in total. The van der Waals surface area contributed by atoms with E-state index in [4.69, 9.17) is 4.74 Å².